The van der Waals surface area contributed by atoms with Crippen molar-refractivity contribution in [3.63, 3.8) is 0 Å². The minimum absolute atomic E-state index is 0.272. The highest BCUT2D eigenvalue weighted by Gasteiger charge is 2.39. The first kappa shape index (κ1) is 14.7. The topological polar surface area (TPSA) is 65.4 Å². The molecule has 1 saturated heterocycles. The summed E-state index contributed by atoms with van der Waals surface area (Å²) in [4.78, 5) is 13.1. The number of benzene rings is 1. The summed E-state index contributed by atoms with van der Waals surface area (Å²) in [6.45, 7) is 1.27. The molecule has 2 heterocycles. The van der Waals surface area contributed by atoms with Gasteiger partial charge in [0.15, 0.2) is 0 Å². The smallest absolute Gasteiger partial charge is 0.336 e. The highest BCUT2D eigenvalue weighted by atomic mass is 35.5. The Hall–Kier alpha value is -1.18. The van der Waals surface area contributed by atoms with Crippen LogP contribution < -0.4 is 0 Å². The Morgan fingerprint density at radius 3 is 2.67 bits per heavy atom. The van der Waals surface area contributed by atoms with Gasteiger partial charge in [0.1, 0.15) is 0 Å². The van der Waals surface area contributed by atoms with Gasteiger partial charge in [-0.25, -0.2) is 9.91 Å². The molecular weight excluding hydrogens is 317 g/mol. The summed E-state index contributed by atoms with van der Waals surface area (Å²) in [5.74, 6) is 0. The molecule has 0 bridgehead atoms. The first-order valence-corrected chi connectivity index (χ1v) is 7.18. The maximum Gasteiger partial charge on any atom is 0.336 e. The van der Waals surface area contributed by atoms with Gasteiger partial charge in [-0.2, -0.15) is 5.10 Å². The molecule has 1 amide bonds. The van der Waals surface area contributed by atoms with E-state index in [0.717, 1.165) is 5.56 Å². The predicted molar refractivity (Wildman–Crippen MR) is 78.4 cm³/mol. The van der Waals surface area contributed by atoms with E-state index in [-0.39, 0.29) is 12.6 Å². The van der Waals surface area contributed by atoms with E-state index in [2.05, 4.69) is 5.10 Å². The molecule has 112 valence electrons. The summed E-state index contributed by atoms with van der Waals surface area (Å²) >= 11 is 11.4. The Bertz CT molecular complexity index is 579. The Balaban J connectivity index is 1.93. The van der Waals surface area contributed by atoms with Crippen molar-refractivity contribution in [3.05, 3.63) is 34.9 Å². The van der Waals surface area contributed by atoms with Crippen molar-refractivity contribution in [2.24, 2.45) is 5.10 Å². The van der Waals surface area contributed by atoms with Gasteiger partial charge in [0.25, 0.3) is 0 Å². The average molecular weight is 330 g/mol. The third-order valence-electron chi connectivity index (χ3n) is 3.53. The standard InChI is InChI=1S/C13H13Cl2N3O3/c14-9-3-1-8(2-4-9)11-10(7-18(16-11)12(15)19)17-5-6-21-13(17)20/h1-4,10,13,20H,5-7H2. The van der Waals surface area contributed by atoms with E-state index in [4.69, 9.17) is 27.9 Å². The number of nitrogens with zero attached hydrogens (tertiary/aromatic N) is 3. The fourth-order valence-corrected chi connectivity index (χ4v) is 2.74. The molecule has 1 aromatic carbocycles. The molecule has 2 atom stereocenters. The van der Waals surface area contributed by atoms with E-state index in [9.17, 15) is 9.90 Å². The van der Waals surface area contributed by atoms with Crippen LogP contribution in [0.15, 0.2) is 29.4 Å². The van der Waals surface area contributed by atoms with Gasteiger partial charge >= 0.3 is 5.37 Å². The van der Waals surface area contributed by atoms with Gasteiger partial charge in [0.05, 0.1) is 24.9 Å². The number of aliphatic hydroxyl groups is 1. The van der Waals surface area contributed by atoms with Crippen LogP contribution in [0, 0.1) is 0 Å². The van der Waals surface area contributed by atoms with E-state index in [1.807, 2.05) is 12.1 Å². The molecule has 0 spiro atoms. The molecule has 0 radical (unpaired) electrons. The van der Waals surface area contributed by atoms with Crippen LogP contribution in [0.1, 0.15) is 5.56 Å². The normalized spacial score (nSPS) is 26.2. The van der Waals surface area contributed by atoms with E-state index in [1.165, 1.54) is 5.01 Å². The van der Waals surface area contributed by atoms with Crippen molar-refractivity contribution in [2.45, 2.75) is 12.5 Å². The highest BCUT2D eigenvalue weighted by Crippen LogP contribution is 2.24. The molecule has 2 aliphatic rings. The summed E-state index contributed by atoms with van der Waals surface area (Å²) in [5.41, 5.74) is 1.48. The maximum atomic E-state index is 11.4. The molecular formula is C13H13Cl2N3O3. The number of carbonyl (C=O) groups is 1. The van der Waals surface area contributed by atoms with Crippen LogP contribution in [-0.4, -0.2) is 58.2 Å². The third kappa shape index (κ3) is 2.90. The zero-order valence-corrected chi connectivity index (χ0v) is 12.5. The number of hydrazone groups is 1. The van der Waals surface area contributed by atoms with Crippen LogP contribution >= 0.6 is 23.2 Å². The van der Waals surface area contributed by atoms with Gasteiger partial charge in [-0.15, -0.1) is 0 Å². The van der Waals surface area contributed by atoms with E-state index < -0.39 is 11.8 Å². The number of hydrogen-bond acceptors (Lipinski definition) is 5. The lowest BCUT2D eigenvalue weighted by Crippen LogP contribution is -2.46. The second-order valence-corrected chi connectivity index (χ2v) is 5.54. The number of amides is 1. The van der Waals surface area contributed by atoms with Crippen molar-refractivity contribution in [1.29, 1.82) is 0 Å². The van der Waals surface area contributed by atoms with E-state index in [1.54, 1.807) is 17.0 Å². The van der Waals surface area contributed by atoms with Gasteiger partial charge < -0.3 is 9.84 Å². The summed E-state index contributed by atoms with van der Waals surface area (Å²) in [6.07, 6.45) is -1.00. The molecule has 21 heavy (non-hydrogen) atoms. The number of ether oxygens (including phenoxy) is 1. The lowest BCUT2D eigenvalue weighted by Gasteiger charge is -2.26. The molecule has 8 heteroatoms. The summed E-state index contributed by atoms with van der Waals surface area (Å²) in [6, 6.07) is 6.86. The van der Waals surface area contributed by atoms with E-state index in [0.29, 0.717) is 23.9 Å². The van der Waals surface area contributed by atoms with Crippen molar-refractivity contribution in [2.75, 3.05) is 19.7 Å². The van der Waals surface area contributed by atoms with Gasteiger partial charge in [0, 0.05) is 11.6 Å². The molecule has 2 aliphatic heterocycles. The van der Waals surface area contributed by atoms with Crippen molar-refractivity contribution < 1.29 is 14.6 Å². The SMILES string of the molecule is O=C(Cl)N1CC(N2CCOC2O)C(c2ccc(Cl)cc2)=N1. The Kier molecular flexibility index (Phi) is 4.14. The lowest BCUT2D eigenvalue weighted by atomic mass is 10.0. The van der Waals surface area contributed by atoms with Crippen molar-refractivity contribution in [3.8, 4) is 0 Å². The summed E-state index contributed by atoms with van der Waals surface area (Å²) in [5, 5.41) is 15.3. The Morgan fingerprint density at radius 2 is 2.10 bits per heavy atom. The van der Waals surface area contributed by atoms with E-state index >= 15 is 0 Å². The van der Waals surface area contributed by atoms with Crippen molar-refractivity contribution >= 4 is 34.3 Å². The monoisotopic (exact) mass is 329 g/mol. The first-order valence-electron chi connectivity index (χ1n) is 6.43. The largest absolute Gasteiger partial charge is 0.356 e. The number of rotatable bonds is 2. The van der Waals surface area contributed by atoms with Crippen LogP contribution in [0.3, 0.4) is 0 Å². The molecule has 0 aromatic heterocycles. The molecule has 0 saturated carbocycles. The van der Waals surface area contributed by atoms with Crippen LogP contribution in [0.25, 0.3) is 0 Å². The molecule has 1 aromatic rings. The number of aliphatic hydroxyl groups excluding tert-OH is 1. The quantitative estimate of drug-likeness (QED) is 0.662. The first-order chi connectivity index (χ1) is 10.1. The van der Waals surface area contributed by atoms with Crippen LogP contribution in [-0.2, 0) is 4.74 Å². The highest BCUT2D eigenvalue weighted by molar-refractivity contribution is 6.62. The second-order valence-electron chi connectivity index (χ2n) is 4.78. The lowest BCUT2D eigenvalue weighted by molar-refractivity contribution is -0.138. The molecule has 2 unspecified atom stereocenters. The van der Waals surface area contributed by atoms with Gasteiger partial charge in [-0.1, -0.05) is 23.7 Å². The van der Waals surface area contributed by atoms with Crippen LogP contribution in [0.2, 0.25) is 5.02 Å². The molecule has 1 fully saturated rings. The molecule has 1 N–H and O–H groups in total. The summed E-state index contributed by atoms with van der Waals surface area (Å²) < 4.78 is 5.15. The zero-order chi connectivity index (χ0) is 15.0. The number of hydrogen-bond donors (Lipinski definition) is 1. The fourth-order valence-electron chi connectivity index (χ4n) is 2.51. The molecule has 3 rings (SSSR count). The molecule has 6 nitrogen and oxygen atoms in total. The van der Waals surface area contributed by atoms with Gasteiger partial charge in [-0.05, 0) is 29.3 Å². The number of halogens is 2. The van der Waals surface area contributed by atoms with Gasteiger partial charge in [-0.3, -0.25) is 4.79 Å². The zero-order valence-electron chi connectivity index (χ0n) is 10.9. The maximum absolute atomic E-state index is 11.4. The third-order valence-corrected chi connectivity index (χ3v) is 3.98. The van der Waals surface area contributed by atoms with Crippen LogP contribution in [0.5, 0.6) is 0 Å². The second kappa shape index (κ2) is 5.90. The minimum atomic E-state index is -1.00. The van der Waals surface area contributed by atoms with Crippen molar-refractivity contribution in [1.82, 2.24) is 9.91 Å². The fraction of sp³-hybridized carbons (Fsp3) is 0.385. The molecule has 0 aliphatic carbocycles. The van der Waals surface area contributed by atoms with Crippen LogP contribution in [0.4, 0.5) is 4.79 Å². The summed E-state index contributed by atoms with van der Waals surface area (Å²) in [7, 11) is 0. The average Bonchev–Trinajstić information content (AvgIpc) is 3.05. The number of carbonyl (C=O) groups excluding carboxylic acids is 1. The minimum Gasteiger partial charge on any atom is -0.356 e. The van der Waals surface area contributed by atoms with Gasteiger partial charge in [0.2, 0.25) is 6.41 Å². The predicted octanol–water partition coefficient (Wildman–Crippen LogP) is 1.70. The Morgan fingerprint density at radius 1 is 1.38 bits per heavy atom. The Labute approximate surface area is 131 Å².